The van der Waals surface area contributed by atoms with Crippen molar-refractivity contribution < 1.29 is 4.74 Å². The zero-order chi connectivity index (χ0) is 11.4. The average molecular weight is 221 g/mol. The number of hydrazine groups is 1. The van der Waals surface area contributed by atoms with E-state index in [4.69, 9.17) is 10.6 Å². The molecule has 1 aliphatic heterocycles. The summed E-state index contributed by atoms with van der Waals surface area (Å²) in [4.78, 5) is 4.32. The number of rotatable bonds is 3. The maximum Gasteiger partial charge on any atom is 0.0505 e. The van der Waals surface area contributed by atoms with Crippen molar-refractivity contribution >= 4 is 0 Å². The molecule has 1 aliphatic rings. The van der Waals surface area contributed by atoms with Gasteiger partial charge < -0.3 is 4.74 Å². The molecular formula is C12H19N3O. The normalized spacial score (nSPS) is 19.6. The first-order valence-electron chi connectivity index (χ1n) is 5.77. The fourth-order valence-electron chi connectivity index (χ4n) is 2.22. The first kappa shape index (κ1) is 11.5. The Kier molecular flexibility index (Phi) is 3.88. The minimum absolute atomic E-state index is 0.192. The molecule has 4 nitrogen and oxygen atoms in total. The molecule has 88 valence electrons. The Balaban J connectivity index is 2.11. The third-order valence-corrected chi connectivity index (χ3v) is 3.21. The van der Waals surface area contributed by atoms with Crippen molar-refractivity contribution in [2.45, 2.75) is 25.8 Å². The van der Waals surface area contributed by atoms with Crippen molar-refractivity contribution in [3.63, 3.8) is 0 Å². The lowest BCUT2D eigenvalue weighted by molar-refractivity contribution is 0.0536. The predicted molar refractivity (Wildman–Crippen MR) is 62.6 cm³/mol. The van der Waals surface area contributed by atoms with E-state index in [0.29, 0.717) is 5.92 Å². The molecule has 4 heteroatoms. The highest BCUT2D eigenvalue weighted by Crippen LogP contribution is 2.28. The summed E-state index contributed by atoms with van der Waals surface area (Å²) < 4.78 is 5.37. The maximum atomic E-state index is 5.66. The van der Waals surface area contributed by atoms with Gasteiger partial charge in [-0.3, -0.25) is 16.3 Å². The van der Waals surface area contributed by atoms with Crippen molar-refractivity contribution in [1.82, 2.24) is 10.4 Å². The lowest BCUT2D eigenvalue weighted by Gasteiger charge is -2.29. The number of pyridine rings is 1. The number of nitrogens with zero attached hydrogens (tertiary/aromatic N) is 1. The van der Waals surface area contributed by atoms with E-state index < -0.39 is 0 Å². The Bertz CT molecular complexity index is 320. The number of nitrogens with one attached hydrogen (secondary N) is 1. The Morgan fingerprint density at radius 2 is 2.19 bits per heavy atom. The van der Waals surface area contributed by atoms with Crippen LogP contribution in [0.1, 0.15) is 30.1 Å². The van der Waals surface area contributed by atoms with Gasteiger partial charge in [0.25, 0.3) is 0 Å². The molecule has 1 fully saturated rings. The molecule has 1 unspecified atom stereocenters. The quantitative estimate of drug-likeness (QED) is 0.597. The van der Waals surface area contributed by atoms with E-state index in [1.54, 1.807) is 0 Å². The summed E-state index contributed by atoms with van der Waals surface area (Å²) in [6, 6.07) is 4.32. The van der Waals surface area contributed by atoms with Crippen LogP contribution in [-0.2, 0) is 4.74 Å². The summed E-state index contributed by atoms with van der Waals surface area (Å²) in [5.41, 5.74) is 5.11. The van der Waals surface area contributed by atoms with Crippen LogP contribution in [0.15, 0.2) is 18.3 Å². The molecule has 3 N–H and O–H groups in total. The molecule has 2 heterocycles. The number of hydrogen-bond donors (Lipinski definition) is 2. The summed E-state index contributed by atoms with van der Waals surface area (Å²) in [5.74, 6) is 6.20. The standard InChI is InChI=1S/C12H19N3O/c1-9-2-3-11(8-14-9)12(15-13)10-4-6-16-7-5-10/h2-3,8,10,12,15H,4-7,13H2,1H3. The minimum Gasteiger partial charge on any atom is -0.381 e. The Hall–Kier alpha value is -0.970. The van der Waals surface area contributed by atoms with Crippen molar-refractivity contribution in [2.24, 2.45) is 11.8 Å². The van der Waals surface area contributed by atoms with Gasteiger partial charge >= 0.3 is 0 Å². The second kappa shape index (κ2) is 5.39. The van der Waals surface area contributed by atoms with E-state index in [1.807, 2.05) is 19.2 Å². The highest BCUT2D eigenvalue weighted by Gasteiger charge is 2.24. The Labute approximate surface area is 96.2 Å². The summed E-state index contributed by atoms with van der Waals surface area (Å²) >= 11 is 0. The van der Waals surface area contributed by atoms with Crippen LogP contribution in [0.3, 0.4) is 0 Å². The first-order chi connectivity index (χ1) is 7.81. The molecule has 0 amide bonds. The lowest BCUT2D eigenvalue weighted by Crippen LogP contribution is -2.36. The molecule has 0 saturated carbocycles. The SMILES string of the molecule is Cc1ccc(C(NN)C2CCOCC2)cn1. The fourth-order valence-corrected chi connectivity index (χ4v) is 2.22. The smallest absolute Gasteiger partial charge is 0.0505 e. The molecule has 1 saturated heterocycles. The fraction of sp³-hybridized carbons (Fsp3) is 0.583. The number of hydrogen-bond acceptors (Lipinski definition) is 4. The third kappa shape index (κ3) is 2.58. The summed E-state index contributed by atoms with van der Waals surface area (Å²) in [5, 5.41) is 0. The van der Waals surface area contributed by atoms with Crippen LogP contribution in [0.25, 0.3) is 0 Å². The largest absolute Gasteiger partial charge is 0.381 e. The lowest BCUT2D eigenvalue weighted by atomic mass is 9.88. The molecule has 0 radical (unpaired) electrons. The van der Waals surface area contributed by atoms with Gasteiger partial charge in [0.1, 0.15) is 0 Å². The van der Waals surface area contributed by atoms with Gasteiger partial charge in [-0.25, -0.2) is 0 Å². The van der Waals surface area contributed by atoms with E-state index in [-0.39, 0.29) is 6.04 Å². The second-order valence-corrected chi connectivity index (χ2v) is 4.33. The van der Waals surface area contributed by atoms with Gasteiger partial charge in [-0.05, 0) is 37.3 Å². The van der Waals surface area contributed by atoms with Crippen LogP contribution < -0.4 is 11.3 Å². The number of ether oxygens (including phenoxy) is 1. The van der Waals surface area contributed by atoms with Crippen LogP contribution in [0.2, 0.25) is 0 Å². The zero-order valence-electron chi connectivity index (χ0n) is 9.65. The van der Waals surface area contributed by atoms with Crippen molar-refractivity contribution in [1.29, 1.82) is 0 Å². The van der Waals surface area contributed by atoms with Gasteiger partial charge in [0, 0.05) is 25.1 Å². The molecule has 2 rings (SSSR count). The Morgan fingerprint density at radius 3 is 2.75 bits per heavy atom. The highest BCUT2D eigenvalue weighted by atomic mass is 16.5. The molecule has 0 spiro atoms. The van der Waals surface area contributed by atoms with Crippen molar-refractivity contribution in [3.8, 4) is 0 Å². The second-order valence-electron chi connectivity index (χ2n) is 4.33. The van der Waals surface area contributed by atoms with E-state index in [9.17, 15) is 0 Å². The molecule has 1 aromatic rings. The number of nitrogens with two attached hydrogens (primary N) is 1. The highest BCUT2D eigenvalue weighted by molar-refractivity contribution is 5.18. The molecular weight excluding hydrogens is 202 g/mol. The summed E-state index contributed by atoms with van der Waals surface area (Å²) in [6.45, 7) is 3.66. The van der Waals surface area contributed by atoms with Gasteiger partial charge in [0.2, 0.25) is 0 Å². The molecule has 0 aromatic carbocycles. The summed E-state index contributed by atoms with van der Waals surface area (Å²) in [6.07, 6.45) is 4.03. The van der Waals surface area contributed by atoms with Gasteiger partial charge in [-0.2, -0.15) is 0 Å². The van der Waals surface area contributed by atoms with E-state index in [1.165, 1.54) is 5.56 Å². The van der Waals surface area contributed by atoms with E-state index in [2.05, 4.69) is 16.5 Å². The van der Waals surface area contributed by atoms with Crippen LogP contribution in [-0.4, -0.2) is 18.2 Å². The molecule has 0 bridgehead atoms. The minimum atomic E-state index is 0.192. The molecule has 1 aromatic heterocycles. The van der Waals surface area contributed by atoms with Crippen LogP contribution >= 0.6 is 0 Å². The van der Waals surface area contributed by atoms with E-state index in [0.717, 1.165) is 31.7 Å². The number of aromatic nitrogens is 1. The van der Waals surface area contributed by atoms with Crippen LogP contribution in [0, 0.1) is 12.8 Å². The van der Waals surface area contributed by atoms with Gasteiger partial charge in [-0.15, -0.1) is 0 Å². The van der Waals surface area contributed by atoms with Gasteiger partial charge in [-0.1, -0.05) is 6.07 Å². The molecule has 0 aliphatic carbocycles. The van der Waals surface area contributed by atoms with E-state index >= 15 is 0 Å². The van der Waals surface area contributed by atoms with Gasteiger partial charge in [0.15, 0.2) is 0 Å². The third-order valence-electron chi connectivity index (χ3n) is 3.21. The van der Waals surface area contributed by atoms with Crippen molar-refractivity contribution in [2.75, 3.05) is 13.2 Å². The number of aryl methyl sites for hydroxylation is 1. The Morgan fingerprint density at radius 1 is 1.44 bits per heavy atom. The van der Waals surface area contributed by atoms with Crippen molar-refractivity contribution in [3.05, 3.63) is 29.6 Å². The predicted octanol–water partition coefficient (Wildman–Crippen LogP) is 1.32. The average Bonchev–Trinajstić information content (AvgIpc) is 2.34. The topological polar surface area (TPSA) is 60.2 Å². The molecule has 1 atom stereocenters. The first-order valence-corrected chi connectivity index (χ1v) is 5.77. The van der Waals surface area contributed by atoms with Crippen LogP contribution in [0.5, 0.6) is 0 Å². The maximum absolute atomic E-state index is 5.66. The monoisotopic (exact) mass is 221 g/mol. The van der Waals surface area contributed by atoms with Crippen LogP contribution in [0.4, 0.5) is 0 Å². The summed E-state index contributed by atoms with van der Waals surface area (Å²) in [7, 11) is 0. The zero-order valence-corrected chi connectivity index (χ0v) is 9.65. The van der Waals surface area contributed by atoms with Gasteiger partial charge in [0.05, 0.1) is 6.04 Å². The molecule has 16 heavy (non-hydrogen) atoms.